The molecule has 0 unspecified atom stereocenters. The van der Waals surface area contributed by atoms with E-state index in [9.17, 15) is 27.9 Å². The number of carbonyl (C=O) groups excluding carboxylic acids is 1. The molecule has 0 spiro atoms. The number of benzene rings is 2. The first kappa shape index (κ1) is 28.0. The van der Waals surface area contributed by atoms with Gasteiger partial charge >= 0.3 is 12.1 Å². The van der Waals surface area contributed by atoms with Gasteiger partial charge in [-0.05, 0) is 61.7 Å². The van der Waals surface area contributed by atoms with Crippen LogP contribution in [0, 0.1) is 0 Å². The van der Waals surface area contributed by atoms with Crippen LogP contribution < -0.4 is 5.32 Å². The molecule has 0 aliphatic carbocycles. The molecule has 1 aliphatic heterocycles. The molecule has 6 nitrogen and oxygen atoms in total. The number of carboxylic acid groups (broad SMARTS) is 1. The minimum atomic E-state index is -4.47. The molecule has 0 radical (unpaired) electrons. The predicted molar refractivity (Wildman–Crippen MR) is 138 cm³/mol. The van der Waals surface area contributed by atoms with Crippen molar-refractivity contribution in [3.8, 4) is 0 Å². The fourth-order valence-corrected chi connectivity index (χ4v) is 4.27. The number of hydrogen-bond acceptors (Lipinski definition) is 4. The Hall–Kier alpha value is -3.59. The molecule has 0 aromatic heterocycles. The number of hydrogen-bond donors (Lipinski definition) is 2. The maximum Gasteiger partial charge on any atom is 0.416 e. The van der Waals surface area contributed by atoms with Gasteiger partial charge in [0.25, 0.3) is 5.91 Å². The lowest BCUT2D eigenvalue weighted by molar-refractivity contribution is -0.138. The second kappa shape index (κ2) is 12.1. The SMILES string of the molecule is C=C(Cc1ccc(NC(=O)c2ccc(C(F)(F)F)cc2)cc1)N=C(Cl)/C(CC(=O)O)=C(\C)N1CCCC1. The molecule has 1 amide bonds. The van der Waals surface area contributed by atoms with Gasteiger partial charge in [0.05, 0.1) is 12.0 Å². The molecule has 3 rings (SSSR count). The number of rotatable bonds is 9. The first-order valence-corrected chi connectivity index (χ1v) is 12.0. The van der Waals surface area contributed by atoms with Crippen LogP contribution in [0.1, 0.15) is 47.7 Å². The van der Waals surface area contributed by atoms with Crippen LogP contribution in [-0.2, 0) is 17.4 Å². The first-order valence-electron chi connectivity index (χ1n) is 11.6. The van der Waals surface area contributed by atoms with Crippen molar-refractivity contribution in [3.05, 3.63) is 88.8 Å². The number of alkyl halides is 3. The Bertz CT molecular complexity index is 1210. The number of allylic oxidation sites excluding steroid dienone is 2. The van der Waals surface area contributed by atoms with E-state index in [1.165, 1.54) is 0 Å². The third-order valence-electron chi connectivity index (χ3n) is 5.94. The summed E-state index contributed by atoms with van der Waals surface area (Å²) in [5.74, 6) is -1.53. The van der Waals surface area contributed by atoms with Crippen molar-refractivity contribution in [1.82, 2.24) is 4.90 Å². The summed E-state index contributed by atoms with van der Waals surface area (Å²) in [7, 11) is 0. The zero-order valence-electron chi connectivity index (χ0n) is 20.2. The van der Waals surface area contributed by atoms with Crippen molar-refractivity contribution in [1.29, 1.82) is 0 Å². The van der Waals surface area contributed by atoms with Crippen molar-refractivity contribution in [3.63, 3.8) is 0 Å². The number of halogens is 4. The van der Waals surface area contributed by atoms with E-state index in [4.69, 9.17) is 11.6 Å². The average Bonchev–Trinajstić information content (AvgIpc) is 3.38. The fraction of sp³-hybridized carbons (Fsp3) is 0.296. The number of carbonyl (C=O) groups is 2. The van der Waals surface area contributed by atoms with E-state index in [1.54, 1.807) is 24.3 Å². The largest absolute Gasteiger partial charge is 0.481 e. The Labute approximate surface area is 218 Å². The minimum absolute atomic E-state index is 0.0947. The molecule has 1 saturated heterocycles. The molecule has 196 valence electrons. The Morgan fingerprint density at radius 3 is 2.22 bits per heavy atom. The number of aliphatic carboxylic acids is 1. The highest BCUT2D eigenvalue weighted by Gasteiger charge is 2.30. The van der Waals surface area contributed by atoms with Crippen LogP contribution in [0.4, 0.5) is 18.9 Å². The average molecular weight is 534 g/mol. The Kier molecular flexibility index (Phi) is 9.15. The minimum Gasteiger partial charge on any atom is -0.481 e. The van der Waals surface area contributed by atoms with Gasteiger partial charge in [-0.25, -0.2) is 4.99 Å². The monoisotopic (exact) mass is 533 g/mol. The second-order valence-electron chi connectivity index (χ2n) is 8.70. The van der Waals surface area contributed by atoms with Crippen LogP contribution >= 0.6 is 11.6 Å². The Balaban J connectivity index is 1.64. The van der Waals surface area contributed by atoms with Gasteiger partial charge in [-0.1, -0.05) is 30.3 Å². The predicted octanol–water partition coefficient (Wildman–Crippen LogP) is 6.50. The molecule has 1 fully saturated rings. The summed E-state index contributed by atoms with van der Waals surface area (Å²) in [4.78, 5) is 30.2. The summed E-state index contributed by atoms with van der Waals surface area (Å²) < 4.78 is 38.1. The lowest BCUT2D eigenvalue weighted by Gasteiger charge is -2.21. The molecule has 2 aromatic carbocycles. The number of aliphatic imine (C=N–C) groups is 1. The van der Waals surface area contributed by atoms with E-state index in [-0.39, 0.29) is 17.2 Å². The molecule has 1 heterocycles. The molecule has 10 heteroatoms. The molecule has 0 bridgehead atoms. The number of nitrogens with zero attached hydrogens (tertiary/aromatic N) is 2. The third-order valence-corrected chi connectivity index (χ3v) is 6.26. The lowest BCUT2D eigenvalue weighted by atomic mass is 10.1. The molecule has 1 aliphatic rings. The van der Waals surface area contributed by atoms with Gasteiger partial charge in [0.15, 0.2) is 0 Å². The van der Waals surface area contributed by atoms with Gasteiger partial charge in [0.1, 0.15) is 5.17 Å². The summed E-state index contributed by atoms with van der Waals surface area (Å²) in [6, 6.07) is 10.8. The molecule has 2 aromatic rings. The van der Waals surface area contributed by atoms with Gasteiger partial charge in [0, 0.05) is 47.7 Å². The van der Waals surface area contributed by atoms with E-state index < -0.39 is 23.6 Å². The molecule has 2 N–H and O–H groups in total. The molecule has 0 saturated carbocycles. The second-order valence-corrected chi connectivity index (χ2v) is 9.06. The van der Waals surface area contributed by atoms with Crippen LogP contribution in [0.2, 0.25) is 0 Å². The van der Waals surface area contributed by atoms with Gasteiger partial charge in [-0.3, -0.25) is 9.59 Å². The van der Waals surface area contributed by atoms with E-state index in [1.807, 2.05) is 6.92 Å². The number of nitrogens with one attached hydrogen (secondary N) is 1. The normalized spacial score (nSPS) is 14.8. The summed E-state index contributed by atoms with van der Waals surface area (Å²) in [6.07, 6.45) is -2.29. The van der Waals surface area contributed by atoms with Gasteiger partial charge in [0.2, 0.25) is 0 Å². The van der Waals surface area contributed by atoms with Gasteiger partial charge < -0.3 is 15.3 Å². The summed E-state index contributed by atoms with van der Waals surface area (Å²) in [5, 5.41) is 12.1. The Morgan fingerprint density at radius 1 is 1.08 bits per heavy atom. The summed E-state index contributed by atoms with van der Waals surface area (Å²) in [5.41, 5.74) is 2.26. The zero-order valence-corrected chi connectivity index (χ0v) is 21.0. The highest BCUT2D eigenvalue weighted by Crippen LogP contribution is 2.29. The zero-order chi connectivity index (χ0) is 27.2. The van der Waals surface area contributed by atoms with Gasteiger partial charge in [-0.2, -0.15) is 13.2 Å². The van der Waals surface area contributed by atoms with E-state index in [2.05, 4.69) is 21.8 Å². The molecular weight excluding hydrogens is 507 g/mol. The van der Waals surface area contributed by atoms with Crippen LogP contribution in [0.3, 0.4) is 0 Å². The van der Waals surface area contributed by atoms with Gasteiger partial charge in [-0.15, -0.1) is 0 Å². The maximum absolute atomic E-state index is 12.7. The topological polar surface area (TPSA) is 82.0 Å². The standard InChI is InChI=1S/C27H27ClF3N3O3/c1-17(32-25(28)23(16-24(35)36)18(2)34-13-3-4-14-34)15-19-5-11-22(12-6-19)33-26(37)20-7-9-21(10-8-20)27(29,30)31/h5-12H,1,3-4,13-16H2,2H3,(H,33,37)(H,35,36)/b23-18+,32-25?. The third kappa shape index (κ3) is 7.95. The van der Waals surface area contributed by atoms with Crippen molar-refractivity contribution in [2.75, 3.05) is 18.4 Å². The van der Waals surface area contributed by atoms with Crippen molar-refractivity contribution in [2.45, 2.75) is 38.8 Å². The molecular formula is C27H27ClF3N3O3. The van der Waals surface area contributed by atoms with E-state index in [0.29, 0.717) is 23.4 Å². The number of amides is 1. The van der Waals surface area contributed by atoms with Crippen LogP contribution in [0.25, 0.3) is 0 Å². The van der Waals surface area contributed by atoms with Crippen LogP contribution in [0.15, 0.2) is 77.1 Å². The van der Waals surface area contributed by atoms with Crippen molar-refractivity contribution < 1.29 is 27.9 Å². The number of anilines is 1. The Morgan fingerprint density at radius 2 is 1.68 bits per heavy atom. The van der Waals surface area contributed by atoms with E-state index in [0.717, 1.165) is 61.5 Å². The van der Waals surface area contributed by atoms with E-state index >= 15 is 0 Å². The highest BCUT2D eigenvalue weighted by molar-refractivity contribution is 6.70. The first-order chi connectivity index (χ1) is 17.4. The molecule has 37 heavy (non-hydrogen) atoms. The molecule has 0 atom stereocenters. The van der Waals surface area contributed by atoms with Crippen molar-refractivity contribution in [2.24, 2.45) is 4.99 Å². The number of likely N-dealkylation sites (tertiary alicyclic amines) is 1. The van der Waals surface area contributed by atoms with Crippen LogP contribution in [-0.4, -0.2) is 40.1 Å². The highest BCUT2D eigenvalue weighted by atomic mass is 35.5. The smallest absolute Gasteiger partial charge is 0.416 e. The fourth-order valence-electron chi connectivity index (χ4n) is 3.95. The summed E-state index contributed by atoms with van der Waals surface area (Å²) in [6.45, 7) is 7.48. The van der Waals surface area contributed by atoms with Crippen LogP contribution in [0.5, 0.6) is 0 Å². The number of carboxylic acids is 1. The quantitative estimate of drug-likeness (QED) is 0.361. The maximum atomic E-state index is 12.7. The van der Waals surface area contributed by atoms with Crippen molar-refractivity contribution >= 4 is 34.3 Å². The summed E-state index contributed by atoms with van der Waals surface area (Å²) >= 11 is 6.43. The lowest BCUT2D eigenvalue weighted by Crippen LogP contribution is -2.21.